The third-order valence-corrected chi connectivity index (χ3v) is 3.01. The molecule has 0 aliphatic rings. The molecule has 13 heavy (non-hydrogen) atoms. The van der Waals surface area contributed by atoms with Gasteiger partial charge in [-0.15, -0.1) is 22.7 Å². The van der Waals surface area contributed by atoms with Gasteiger partial charge >= 0.3 is 0 Å². The van der Waals surface area contributed by atoms with Crippen LogP contribution in [-0.4, -0.2) is 4.98 Å². The number of thiophene rings is 1. The van der Waals surface area contributed by atoms with Gasteiger partial charge in [0.15, 0.2) is 5.13 Å². The van der Waals surface area contributed by atoms with Crippen LogP contribution < -0.4 is 0 Å². The van der Waals surface area contributed by atoms with E-state index < -0.39 is 0 Å². The molecule has 0 saturated carbocycles. The Hall–Kier alpha value is -1.36. The highest BCUT2D eigenvalue weighted by Gasteiger charge is 2.02. The second-order valence-electron chi connectivity index (χ2n) is 2.18. The summed E-state index contributed by atoms with van der Waals surface area (Å²) < 4.78 is 0. The van der Waals surface area contributed by atoms with Crippen LogP contribution in [-0.2, 0) is 0 Å². The van der Waals surface area contributed by atoms with Crippen LogP contribution in [0.3, 0.4) is 0 Å². The largest absolute Gasteiger partial charge is 0.234 e. The molecule has 0 aromatic carbocycles. The average Bonchev–Trinajstić information content (AvgIpc) is 2.70. The molecule has 0 fully saturated rings. The van der Waals surface area contributed by atoms with Gasteiger partial charge in [0.05, 0.1) is 10.6 Å². The normalized spacial score (nSPS) is 9.54. The molecule has 2 aromatic heterocycles. The Morgan fingerprint density at radius 3 is 3.08 bits per heavy atom. The van der Waals surface area contributed by atoms with E-state index in [1.807, 2.05) is 22.9 Å². The van der Waals surface area contributed by atoms with Crippen molar-refractivity contribution in [2.45, 2.75) is 0 Å². The van der Waals surface area contributed by atoms with E-state index in [1.165, 1.54) is 11.3 Å². The minimum Gasteiger partial charge on any atom is -0.234 e. The first-order valence-corrected chi connectivity index (χ1v) is 5.20. The van der Waals surface area contributed by atoms with Gasteiger partial charge in [0.2, 0.25) is 0 Å². The number of azide groups is 1. The van der Waals surface area contributed by atoms with Gasteiger partial charge in [0.25, 0.3) is 0 Å². The maximum atomic E-state index is 8.19. The van der Waals surface area contributed by atoms with Gasteiger partial charge in [0, 0.05) is 10.3 Å². The maximum absolute atomic E-state index is 8.19. The molecule has 0 unspecified atom stereocenters. The van der Waals surface area contributed by atoms with Crippen LogP contribution in [0.15, 0.2) is 28.0 Å². The van der Waals surface area contributed by atoms with Crippen LogP contribution in [0, 0.1) is 0 Å². The monoisotopic (exact) mass is 208 g/mol. The van der Waals surface area contributed by atoms with Gasteiger partial charge in [-0.05, 0) is 22.1 Å². The second kappa shape index (κ2) is 3.57. The van der Waals surface area contributed by atoms with Gasteiger partial charge in [-0.1, -0.05) is 6.07 Å². The Morgan fingerprint density at radius 1 is 1.46 bits per heavy atom. The standard InChI is InChI=1S/C7H4N4S2/c8-11-10-7-9-5(4-13-7)6-2-1-3-12-6/h1-4H. The Kier molecular flexibility index (Phi) is 2.27. The molecule has 0 atom stereocenters. The highest BCUT2D eigenvalue weighted by molar-refractivity contribution is 7.15. The quantitative estimate of drug-likeness (QED) is 0.420. The summed E-state index contributed by atoms with van der Waals surface area (Å²) in [5, 5.41) is 7.77. The van der Waals surface area contributed by atoms with Crippen molar-refractivity contribution in [2.75, 3.05) is 0 Å². The van der Waals surface area contributed by atoms with Crippen LogP contribution >= 0.6 is 22.7 Å². The molecule has 2 heterocycles. The first kappa shape index (κ1) is 8.25. The lowest BCUT2D eigenvalue weighted by Crippen LogP contribution is -1.67. The van der Waals surface area contributed by atoms with Crippen molar-refractivity contribution in [3.63, 3.8) is 0 Å². The van der Waals surface area contributed by atoms with E-state index >= 15 is 0 Å². The number of aromatic nitrogens is 1. The van der Waals surface area contributed by atoms with Gasteiger partial charge in [-0.2, -0.15) is 0 Å². The molecule has 0 aliphatic carbocycles. The van der Waals surface area contributed by atoms with E-state index in [1.54, 1.807) is 11.3 Å². The van der Waals surface area contributed by atoms with E-state index in [4.69, 9.17) is 5.53 Å². The zero-order valence-electron chi connectivity index (χ0n) is 6.41. The fourth-order valence-corrected chi connectivity index (χ4v) is 2.28. The van der Waals surface area contributed by atoms with Crippen molar-refractivity contribution in [1.29, 1.82) is 0 Å². The number of rotatable bonds is 2. The van der Waals surface area contributed by atoms with E-state index in [2.05, 4.69) is 15.0 Å². The third-order valence-electron chi connectivity index (χ3n) is 1.40. The topological polar surface area (TPSA) is 61.7 Å². The van der Waals surface area contributed by atoms with Crippen molar-refractivity contribution < 1.29 is 0 Å². The SMILES string of the molecule is [N-]=[N+]=Nc1nc(-c2cccs2)cs1. The van der Waals surface area contributed by atoms with Crippen molar-refractivity contribution in [3.8, 4) is 10.6 Å². The molecular weight excluding hydrogens is 204 g/mol. The third kappa shape index (κ3) is 1.70. The molecule has 0 spiro atoms. The minimum absolute atomic E-state index is 0.464. The molecule has 2 rings (SSSR count). The van der Waals surface area contributed by atoms with Gasteiger partial charge < -0.3 is 0 Å². The Bertz CT molecular complexity index is 439. The molecule has 4 nitrogen and oxygen atoms in total. The molecule has 64 valence electrons. The lowest BCUT2D eigenvalue weighted by atomic mass is 10.4. The molecule has 0 aliphatic heterocycles. The highest BCUT2D eigenvalue weighted by atomic mass is 32.1. The Balaban J connectivity index is 2.38. The van der Waals surface area contributed by atoms with E-state index in [-0.39, 0.29) is 0 Å². The van der Waals surface area contributed by atoms with Crippen LogP contribution in [0.5, 0.6) is 0 Å². The second-order valence-corrected chi connectivity index (χ2v) is 3.97. The summed E-state index contributed by atoms with van der Waals surface area (Å²) in [6.45, 7) is 0. The molecule has 0 bridgehead atoms. The molecule has 0 saturated heterocycles. The lowest BCUT2D eigenvalue weighted by Gasteiger charge is -1.85. The van der Waals surface area contributed by atoms with Crippen LogP contribution in [0.25, 0.3) is 21.0 Å². The number of nitrogens with zero attached hydrogens (tertiary/aromatic N) is 4. The predicted octanol–water partition coefficient (Wildman–Crippen LogP) is 3.81. The summed E-state index contributed by atoms with van der Waals surface area (Å²) in [6.07, 6.45) is 0. The van der Waals surface area contributed by atoms with Crippen molar-refractivity contribution in [3.05, 3.63) is 33.3 Å². The van der Waals surface area contributed by atoms with E-state index in [9.17, 15) is 0 Å². The summed E-state index contributed by atoms with van der Waals surface area (Å²) >= 11 is 2.96. The Labute approximate surface area is 82.1 Å². The summed E-state index contributed by atoms with van der Waals surface area (Å²) in [4.78, 5) is 7.92. The van der Waals surface area contributed by atoms with Gasteiger partial charge in [0.1, 0.15) is 0 Å². The summed E-state index contributed by atoms with van der Waals surface area (Å²) in [5.41, 5.74) is 9.06. The zero-order chi connectivity index (χ0) is 9.10. The van der Waals surface area contributed by atoms with Gasteiger partial charge in [-0.3, -0.25) is 0 Å². The fourth-order valence-electron chi connectivity index (χ4n) is 0.886. The summed E-state index contributed by atoms with van der Waals surface area (Å²) in [6, 6.07) is 3.95. The molecule has 0 N–H and O–H groups in total. The van der Waals surface area contributed by atoms with Crippen molar-refractivity contribution in [2.24, 2.45) is 5.11 Å². The zero-order valence-corrected chi connectivity index (χ0v) is 8.05. The predicted molar refractivity (Wildman–Crippen MR) is 54.2 cm³/mol. The van der Waals surface area contributed by atoms with Crippen LogP contribution in [0.1, 0.15) is 0 Å². The first-order valence-electron chi connectivity index (χ1n) is 3.44. The number of hydrogen-bond acceptors (Lipinski definition) is 4. The van der Waals surface area contributed by atoms with Gasteiger partial charge in [-0.25, -0.2) is 4.98 Å². The maximum Gasteiger partial charge on any atom is 0.180 e. The summed E-state index contributed by atoms with van der Waals surface area (Å²) in [7, 11) is 0. The molecular formula is C7H4N4S2. The van der Waals surface area contributed by atoms with Crippen LogP contribution in [0.2, 0.25) is 0 Å². The highest BCUT2D eigenvalue weighted by Crippen LogP contribution is 2.29. The lowest BCUT2D eigenvalue weighted by molar-refractivity contribution is 1.35. The smallest absolute Gasteiger partial charge is 0.180 e. The molecule has 6 heteroatoms. The molecule has 0 radical (unpaired) electrons. The molecule has 2 aromatic rings. The average molecular weight is 208 g/mol. The minimum atomic E-state index is 0.464. The fraction of sp³-hybridized carbons (Fsp3) is 0. The first-order chi connectivity index (χ1) is 6.40. The van der Waals surface area contributed by atoms with Crippen molar-refractivity contribution in [1.82, 2.24) is 4.98 Å². The number of thiazole rings is 1. The van der Waals surface area contributed by atoms with Crippen LogP contribution in [0.4, 0.5) is 5.13 Å². The molecule has 0 amide bonds. The Morgan fingerprint density at radius 2 is 2.38 bits per heavy atom. The van der Waals surface area contributed by atoms with E-state index in [0.29, 0.717) is 5.13 Å². The summed E-state index contributed by atoms with van der Waals surface area (Å²) in [5.74, 6) is 0. The van der Waals surface area contributed by atoms with E-state index in [0.717, 1.165) is 10.6 Å². The van der Waals surface area contributed by atoms with Crippen molar-refractivity contribution >= 4 is 27.8 Å². The number of hydrogen-bond donors (Lipinski definition) is 0.